The van der Waals surface area contributed by atoms with Crippen molar-refractivity contribution < 1.29 is 9.53 Å². The molecular weight excluding hydrogens is 272 g/mol. The lowest BCUT2D eigenvalue weighted by Gasteiger charge is -2.15. The number of pyridine rings is 1. The molecule has 1 saturated carbocycles. The fourth-order valence-electron chi connectivity index (χ4n) is 1.48. The number of carbonyl (C=O) groups excluding carboxylic acids is 1. The second-order valence-electron chi connectivity index (χ2n) is 3.94. The van der Waals surface area contributed by atoms with Gasteiger partial charge in [0.05, 0.1) is 24.4 Å². The first-order chi connectivity index (χ1) is 7.71. The number of carbonyl (C=O) groups is 1. The van der Waals surface area contributed by atoms with Crippen LogP contribution in [0.3, 0.4) is 0 Å². The van der Waals surface area contributed by atoms with Gasteiger partial charge in [-0.25, -0.2) is 0 Å². The quantitative estimate of drug-likeness (QED) is 0.857. The third kappa shape index (κ3) is 2.19. The normalized spacial score (nSPS) is 16.6. The number of halogens is 1. The summed E-state index contributed by atoms with van der Waals surface area (Å²) in [5, 5.41) is 3.81. The summed E-state index contributed by atoms with van der Waals surface area (Å²) in [7, 11) is 1.53. The Labute approximate surface area is 103 Å². The molecule has 0 aliphatic heterocycles. The van der Waals surface area contributed by atoms with Crippen LogP contribution in [0, 0.1) is 0 Å². The molecule has 0 bridgehead atoms. The summed E-state index contributed by atoms with van der Waals surface area (Å²) in [6.07, 6.45) is 5.18. The molecule has 1 amide bonds. The van der Waals surface area contributed by atoms with Gasteiger partial charge in [0.1, 0.15) is 5.75 Å². The van der Waals surface area contributed by atoms with Crippen LogP contribution in [-0.2, 0) is 0 Å². The van der Waals surface area contributed by atoms with Crippen LogP contribution in [0.2, 0.25) is 0 Å². The van der Waals surface area contributed by atoms with Gasteiger partial charge in [-0.05, 0) is 18.9 Å². The van der Waals surface area contributed by atoms with E-state index in [-0.39, 0.29) is 11.4 Å². The zero-order valence-electron chi connectivity index (χ0n) is 9.00. The molecule has 16 heavy (non-hydrogen) atoms. The van der Waals surface area contributed by atoms with Crippen LogP contribution in [0.25, 0.3) is 0 Å². The number of hydrogen-bond acceptors (Lipinski definition) is 3. The molecule has 1 aromatic heterocycles. The van der Waals surface area contributed by atoms with Crippen LogP contribution in [0.5, 0.6) is 5.75 Å². The van der Waals surface area contributed by atoms with Gasteiger partial charge >= 0.3 is 0 Å². The second kappa shape index (κ2) is 4.41. The Balaban J connectivity index is 2.14. The minimum absolute atomic E-state index is 0.0502. The molecule has 0 spiro atoms. The van der Waals surface area contributed by atoms with Gasteiger partial charge < -0.3 is 10.1 Å². The Kier molecular flexibility index (Phi) is 3.14. The number of hydrogen-bond donors (Lipinski definition) is 1. The number of alkyl halides is 1. The van der Waals surface area contributed by atoms with Gasteiger partial charge in [-0.3, -0.25) is 9.78 Å². The van der Waals surface area contributed by atoms with Crippen LogP contribution in [0.15, 0.2) is 18.5 Å². The molecule has 1 aliphatic rings. The molecule has 0 saturated heterocycles. The number of nitrogens with zero attached hydrogens (tertiary/aromatic N) is 1. The van der Waals surface area contributed by atoms with Crippen molar-refractivity contribution in [3.63, 3.8) is 0 Å². The van der Waals surface area contributed by atoms with E-state index in [1.165, 1.54) is 7.11 Å². The van der Waals surface area contributed by atoms with Crippen LogP contribution < -0.4 is 10.1 Å². The summed E-state index contributed by atoms with van der Waals surface area (Å²) >= 11 is 3.41. The van der Waals surface area contributed by atoms with Crippen molar-refractivity contribution in [2.24, 2.45) is 0 Å². The molecule has 1 aromatic rings. The number of amides is 1. The van der Waals surface area contributed by atoms with Gasteiger partial charge in [0.2, 0.25) is 0 Å². The molecule has 0 unspecified atom stereocenters. The van der Waals surface area contributed by atoms with Crippen molar-refractivity contribution in [3.05, 3.63) is 24.0 Å². The van der Waals surface area contributed by atoms with E-state index < -0.39 is 0 Å². The van der Waals surface area contributed by atoms with E-state index in [0.29, 0.717) is 11.3 Å². The minimum Gasteiger partial charge on any atom is -0.494 e. The van der Waals surface area contributed by atoms with E-state index in [0.717, 1.165) is 18.2 Å². The van der Waals surface area contributed by atoms with Crippen molar-refractivity contribution in [1.82, 2.24) is 10.3 Å². The SMILES string of the molecule is COc1cnccc1C(=O)NC1(CBr)CC1. The van der Waals surface area contributed by atoms with Crippen LogP contribution in [-0.4, -0.2) is 28.9 Å². The van der Waals surface area contributed by atoms with Crippen molar-refractivity contribution in [2.75, 3.05) is 12.4 Å². The fraction of sp³-hybridized carbons (Fsp3) is 0.455. The van der Waals surface area contributed by atoms with Gasteiger partial charge in [0.25, 0.3) is 5.91 Å². The molecule has 1 N–H and O–H groups in total. The van der Waals surface area contributed by atoms with Gasteiger partial charge in [0, 0.05) is 11.5 Å². The molecule has 5 heteroatoms. The van der Waals surface area contributed by atoms with E-state index in [1.54, 1.807) is 18.5 Å². The highest BCUT2D eigenvalue weighted by Crippen LogP contribution is 2.37. The molecule has 1 aliphatic carbocycles. The van der Waals surface area contributed by atoms with Crippen molar-refractivity contribution >= 4 is 21.8 Å². The molecule has 1 fully saturated rings. The summed E-state index contributed by atoms with van der Waals surface area (Å²) in [5.41, 5.74) is 0.482. The van der Waals surface area contributed by atoms with Gasteiger partial charge in [-0.1, -0.05) is 15.9 Å². The fourth-order valence-corrected chi connectivity index (χ4v) is 2.18. The highest BCUT2D eigenvalue weighted by molar-refractivity contribution is 9.09. The average molecular weight is 285 g/mol. The highest BCUT2D eigenvalue weighted by Gasteiger charge is 2.43. The summed E-state index contributed by atoms with van der Waals surface area (Å²) < 4.78 is 5.10. The zero-order valence-corrected chi connectivity index (χ0v) is 10.6. The molecule has 0 radical (unpaired) electrons. The first-order valence-corrected chi connectivity index (χ1v) is 6.19. The number of nitrogens with one attached hydrogen (secondary N) is 1. The number of methoxy groups -OCH3 is 1. The maximum Gasteiger partial charge on any atom is 0.255 e. The molecule has 86 valence electrons. The summed E-state index contributed by atoms with van der Waals surface area (Å²) in [5.74, 6) is 0.404. The molecule has 0 aromatic carbocycles. The Morgan fingerprint density at radius 2 is 2.44 bits per heavy atom. The van der Waals surface area contributed by atoms with Crippen LogP contribution >= 0.6 is 15.9 Å². The topological polar surface area (TPSA) is 51.2 Å². The minimum atomic E-state index is -0.101. The third-order valence-corrected chi connectivity index (χ3v) is 3.81. The maximum absolute atomic E-state index is 12.0. The lowest BCUT2D eigenvalue weighted by atomic mass is 10.2. The summed E-state index contributed by atoms with van der Waals surface area (Å²) in [4.78, 5) is 15.9. The Bertz CT molecular complexity index is 405. The summed E-state index contributed by atoms with van der Waals surface area (Å²) in [6, 6.07) is 1.67. The van der Waals surface area contributed by atoms with E-state index >= 15 is 0 Å². The standard InChI is InChI=1S/C11H13BrN2O2/c1-16-9-6-13-5-2-8(9)10(15)14-11(7-12)3-4-11/h2,5-6H,3-4,7H2,1H3,(H,14,15). The van der Waals surface area contributed by atoms with Crippen molar-refractivity contribution in [1.29, 1.82) is 0 Å². The predicted octanol–water partition coefficient (Wildman–Crippen LogP) is 1.75. The molecule has 0 atom stereocenters. The zero-order chi connectivity index (χ0) is 11.6. The van der Waals surface area contributed by atoms with Gasteiger partial charge in [-0.15, -0.1) is 0 Å². The smallest absolute Gasteiger partial charge is 0.255 e. The number of rotatable bonds is 4. The van der Waals surface area contributed by atoms with Crippen LogP contribution in [0.1, 0.15) is 23.2 Å². The monoisotopic (exact) mass is 284 g/mol. The van der Waals surface area contributed by atoms with E-state index in [4.69, 9.17) is 4.74 Å². The van der Waals surface area contributed by atoms with E-state index in [1.807, 2.05) is 0 Å². The van der Waals surface area contributed by atoms with Crippen molar-refractivity contribution in [3.8, 4) is 5.75 Å². The van der Waals surface area contributed by atoms with Gasteiger partial charge in [0.15, 0.2) is 0 Å². The van der Waals surface area contributed by atoms with E-state index in [2.05, 4.69) is 26.2 Å². The first-order valence-electron chi connectivity index (χ1n) is 5.07. The summed E-state index contributed by atoms with van der Waals surface area (Å²) in [6.45, 7) is 0. The second-order valence-corrected chi connectivity index (χ2v) is 4.50. The lowest BCUT2D eigenvalue weighted by molar-refractivity contribution is 0.0933. The Morgan fingerprint density at radius 3 is 3.00 bits per heavy atom. The maximum atomic E-state index is 12.0. The predicted molar refractivity (Wildman–Crippen MR) is 64.0 cm³/mol. The average Bonchev–Trinajstić information content (AvgIpc) is 3.09. The Hall–Kier alpha value is -1.10. The molecular formula is C11H13BrN2O2. The number of aromatic nitrogens is 1. The third-order valence-electron chi connectivity index (χ3n) is 2.74. The highest BCUT2D eigenvalue weighted by atomic mass is 79.9. The lowest BCUT2D eigenvalue weighted by Crippen LogP contribution is -2.38. The molecule has 1 heterocycles. The number of ether oxygens (including phenoxy) is 1. The van der Waals surface area contributed by atoms with E-state index in [9.17, 15) is 4.79 Å². The Morgan fingerprint density at radius 1 is 1.69 bits per heavy atom. The van der Waals surface area contributed by atoms with Crippen LogP contribution in [0.4, 0.5) is 0 Å². The van der Waals surface area contributed by atoms with Gasteiger partial charge in [-0.2, -0.15) is 0 Å². The molecule has 2 rings (SSSR count). The molecule has 4 nitrogen and oxygen atoms in total. The van der Waals surface area contributed by atoms with Crippen molar-refractivity contribution in [2.45, 2.75) is 18.4 Å². The first kappa shape index (κ1) is 11.4. The largest absolute Gasteiger partial charge is 0.494 e.